The molecule has 3 rings (SSSR count). The quantitative estimate of drug-likeness (QED) is 0.623. The molecule has 0 atom stereocenters. The molecule has 2 aromatic carbocycles. The zero-order chi connectivity index (χ0) is 21.2. The summed E-state index contributed by atoms with van der Waals surface area (Å²) < 4.78 is 52.6. The molecule has 0 saturated heterocycles. The molecular weight excluding hydrogens is 390 g/mol. The number of alkyl halides is 3. The second kappa shape index (κ2) is 7.94. The van der Waals surface area contributed by atoms with E-state index in [0.29, 0.717) is 16.9 Å². The van der Waals surface area contributed by atoms with Crippen LogP contribution in [0.15, 0.2) is 53.3 Å². The molecule has 3 aromatic rings. The SMILES string of the molecule is Cc1[nH]n(-c2ccc(F)cc2)c(=O)c1CCC(=O)Nc1cccc(C(F)(F)F)c1. The molecule has 0 aliphatic rings. The molecule has 1 amide bonds. The number of aromatic nitrogens is 2. The first-order valence-corrected chi connectivity index (χ1v) is 8.68. The van der Waals surface area contributed by atoms with E-state index in [1.807, 2.05) is 0 Å². The molecule has 9 heteroatoms. The molecule has 152 valence electrons. The fourth-order valence-corrected chi connectivity index (χ4v) is 2.88. The number of carbonyl (C=O) groups excluding carboxylic acids is 1. The topological polar surface area (TPSA) is 66.9 Å². The Balaban J connectivity index is 1.70. The van der Waals surface area contributed by atoms with Crippen LogP contribution < -0.4 is 10.9 Å². The molecule has 0 radical (unpaired) electrons. The summed E-state index contributed by atoms with van der Waals surface area (Å²) in [6, 6.07) is 9.65. The van der Waals surface area contributed by atoms with Crippen molar-refractivity contribution in [3.05, 3.63) is 81.5 Å². The second-order valence-corrected chi connectivity index (χ2v) is 6.46. The molecule has 29 heavy (non-hydrogen) atoms. The van der Waals surface area contributed by atoms with Crippen LogP contribution >= 0.6 is 0 Å². The highest BCUT2D eigenvalue weighted by Crippen LogP contribution is 2.30. The fourth-order valence-electron chi connectivity index (χ4n) is 2.88. The number of anilines is 1. The summed E-state index contributed by atoms with van der Waals surface area (Å²) in [6.07, 6.45) is -4.50. The Bertz CT molecular complexity index is 1080. The van der Waals surface area contributed by atoms with Gasteiger partial charge in [0, 0.05) is 23.4 Å². The minimum Gasteiger partial charge on any atom is -0.326 e. The summed E-state index contributed by atoms with van der Waals surface area (Å²) in [7, 11) is 0. The molecule has 0 saturated carbocycles. The minimum atomic E-state index is -4.51. The van der Waals surface area contributed by atoms with Gasteiger partial charge in [-0.2, -0.15) is 13.2 Å². The van der Waals surface area contributed by atoms with E-state index >= 15 is 0 Å². The maximum absolute atomic E-state index is 13.1. The number of carbonyl (C=O) groups is 1. The zero-order valence-corrected chi connectivity index (χ0v) is 15.3. The Labute approximate surface area is 163 Å². The Morgan fingerprint density at radius 3 is 2.48 bits per heavy atom. The molecule has 0 aliphatic heterocycles. The van der Waals surface area contributed by atoms with E-state index in [1.165, 1.54) is 41.1 Å². The number of rotatable bonds is 5. The second-order valence-electron chi connectivity index (χ2n) is 6.46. The number of benzene rings is 2. The maximum atomic E-state index is 13.1. The highest BCUT2D eigenvalue weighted by molar-refractivity contribution is 5.90. The number of aromatic amines is 1. The Morgan fingerprint density at radius 2 is 1.83 bits per heavy atom. The summed E-state index contributed by atoms with van der Waals surface area (Å²) in [4.78, 5) is 24.7. The third kappa shape index (κ3) is 4.74. The monoisotopic (exact) mass is 407 g/mol. The summed E-state index contributed by atoms with van der Waals surface area (Å²) in [5.41, 5.74) is 0.151. The van der Waals surface area contributed by atoms with Crippen molar-refractivity contribution in [1.82, 2.24) is 9.78 Å². The van der Waals surface area contributed by atoms with E-state index in [1.54, 1.807) is 6.92 Å². The number of nitrogens with zero attached hydrogens (tertiary/aromatic N) is 1. The number of nitrogens with one attached hydrogen (secondary N) is 2. The van der Waals surface area contributed by atoms with Gasteiger partial charge in [0.1, 0.15) is 5.82 Å². The van der Waals surface area contributed by atoms with Crippen molar-refractivity contribution in [2.24, 2.45) is 0 Å². The highest BCUT2D eigenvalue weighted by atomic mass is 19.4. The average molecular weight is 407 g/mol. The van der Waals surface area contributed by atoms with Gasteiger partial charge in [-0.3, -0.25) is 14.7 Å². The van der Waals surface area contributed by atoms with Crippen LogP contribution in [0.25, 0.3) is 5.69 Å². The Hall–Kier alpha value is -3.36. The van der Waals surface area contributed by atoms with Crippen molar-refractivity contribution in [2.45, 2.75) is 25.9 Å². The van der Waals surface area contributed by atoms with Gasteiger partial charge in [-0.25, -0.2) is 9.07 Å². The van der Waals surface area contributed by atoms with Crippen LogP contribution in [0.2, 0.25) is 0 Å². The van der Waals surface area contributed by atoms with Gasteiger partial charge in [-0.05, 0) is 55.8 Å². The number of amides is 1. The number of H-pyrrole nitrogens is 1. The van der Waals surface area contributed by atoms with E-state index in [-0.39, 0.29) is 24.1 Å². The lowest BCUT2D eigenvalue weighted by Gasteiger charge is -2.09. The fraction of sp³-hybridized carbons (Fsp3) is 0.200. The van der Waals surface area contributed by atoms with Gasteiger partial charge in [0.05, 0.1) is 11.3 Å². The van der Waals surface area contributed by atoms with Crippen LogP contribution in [0, 0.1) is 12.7 Å². The third-order valence-corrected chi connectivity index (χ3v) is 4.35. The molecule has 0 aliphatic carbocycles. The molecule has 5 nitrogen and oxygen atoms in total. The van der Waals surface area contributed by atoms with Crippen molar-refractivity contribution in [2.75, 3.05) is 5.32 Å². The predicted octanol–water partition coefficient (Wildman–Crippen LogP) is 4.20. The van der Waals surface area contributed by atoms with Gasteiger partial charge in [0.25, 0.3) is 5.56 Å². The zero-order valence-electron chi connectivity index (χ0n) is 15.3. The maximum Gasteiger partial charge on any atom is 0.416 e. The largest absolute Gasteiger partial charge is 0.416 e. The summed E-state index contributed by atoms with van der Waals surface area (Å²) in [6.45, 7) is 1.67. The lowest BCUT2D eigenvalue weighted by atomic mass is 10.1. The van der Waals surface area contributed by atoms with Crippen LogP contribution in [0.1, 0.15) is 23.2 Å². The van der Waals surface area contributed by atoms with Gasteiger partial charge in [0.15, 0.2) is 0 Å². The molecule has 1 heterocycles. The molecular formula is C20H17F4N3O2. The molecule has 0 bridgehead atoms. The molecule has 0 spiro atoms. The van der Waals surface area contributed by atoms with Crippen molar-refractivity contribution >= 4 is 11.6 Å². The highest BCUT2D eigenvalue weighted by Gasteiger charge is 2.30. The Kier molecular flexibility index (Phi) is 5.58. The van der Waals surface area contributed by atoms with Crippen molar-refractivity contribution < 1.29 is 22.4 Å². The van der Waals surface area contributed by atoms with E-state index in [9.17, 15) is 27.2 Å². The Morgan fingerprint density at radius 1 is 1.14 bits per heavy atom. The van der Waals surface area contributed by atoms with Crippen molar-refractivity contribution in [3.63, 3.8) is 0 Å². The summed E-state index contributed by atoms with van der Waals surface area (Å²) in [5.74, 6) is -0.950. The van der Waals surface area contributed by atoms with Crippen LogP contribution in [0.3, 0.4) is 0 Å². The summed E-state index contributed by atoms with van der Waals surface area (Å²) >= 11 is 0. The van der Waals surface area contributed by atoms with E-state index in [4.69, 9.17) is 0 Å². The van der Waals surface area contributed by atoms with Crippen LogP contribution in [0.5, 0.6) is 0 Å². The lowest BCUT2D eigenvalue weighted by molar-refractivity contribution is -0.137. The molecule has 1 aromatic heterocycles. The molecule has 0 unspecified atom stereocenters. The number of hydrogen-bond acceptors (Lipinski definition) is 2. The first-order valence-electron chi connectivity index (χ1n) is 8.68. The first-order chi connectivity index (χ1) is 13.6. The number of aryl methyl sites for hydroxylation is 1. The van der Waals surface area contributed by atoms with Gasteiger partial charge in [-0.1, -0.05) is 6.07 Å². The molecule has 2 N–H and O–H groups in total. The normalized spacial score (nSPS) is 11.5. The van der Waals surface area contributed by atoms with E-state index in [2.05, 4.69) is 10.4 Å². The smallest absolute Gasteiger partial charge is 0.326 e. The number of hydrogen-bond donors (Lipinski definition) is 2. The van der Waals surface area contributed by atoms with Gasteiger partial charge >= 0.3 is 6.18 Å². The van der Waals surface area contributed by atoms with Gasteiger partial charge in [-0.15, -0.1) is 0 Å². The van der Waals surface area contributed by atoms with Crippen molar-refractivity contribution in [1.29, 1.82) is 0 Å². The molecule has 0 fully saturated rings. The lowest BCUT2D eigenvalue weighted by Crippen LogP contribution is -2.19. The van der Waals surface area contributed by atoms with Gasteiger partial charge in [0.2, 0.25) is 5.91 Å². The van der Waals surface area contributed by atoms with Gasteiger partial charge < -0.3 is 5.32 Å². The van der Waals surface area contributed by atoms with E-state index in [0.717, 1.165) is 12.1 Å². The third-order valence-electron chi connectivity index (χ3n) is 4.35. The summed E-state index contributed by atoms with van der Waals surface area (Å²) in [5, 5.41) is 5.28. The predicted molar refractivity (Wildman–Crippen MR) is 99.5 cm³/mol. The number of halogens is 4. The van der Waals surface area contributed by atoms with Crippen LogP contribution in [-0.2, 0) is 17.4 Å². The van der Waals surface area contributed by atoms with Crippen LogP contribution in [0.4, 0.5) is 23.2 Å². The van der Waals surface area contributed by atoms with Crippen LogP contribution in [-0.4, -0.2) is 15.7 Å². The average Bonchev–Trinajstić information content (AvgIpc) is 2.94. The standard InChI is InChI=1S/C20H17F4N3O2/c1-12-17(19(29)27(26-12)16-7-5-14(21)6-8-16)9-10-18(28)25-15-4-2-3-13(11-15)20(22,23)24/h2-8,11,26H,9-10H2,1H3,(H,25,28). The minimum absolute atomic E-state index is 0.0272. The first kappa shape index (κ1) is 20.4. The van der Waals surface area contributed by atoms with E-state index < -0.39 is 23.5 Å². The van der Waals surface area contributed by atoms with Crippen molar-refractivity contribution in [3.8, 4) is 5.69 Å².